The molecule has 4 aliphatic rings. The van der Waals surface area contributed by atoms with Crippen LogP contribution in [-0.4, -0.2) is 6.85 Å². The summed E-state index contributed by atoms with van der Waals surface area (Å²) in [5, 5.41) is 3.98. The van der Waals surface area contributed by atoms with E-state index in [0.29, 0.717) is 0 Å². The zero-order valence-electron chi connectivity index (χ0n) is 39.4. The molecule has 1 aromatic heterocycles. The van der Waals surface area contributed by atoms with Gasteiger partial charge in [-0.05, 0) is 158 Å². The molecule has 7 aromatic rings. The molecule has 11 rings (SSSR count). The third-order valence-electron chi connectivity index (χ3n) is 16.1. The van der Waals surface area contributed by atoms with Crippen molar-refractivity contribution in [3.63, 3.8) is 0 Å². The van der Waals surface area contributed by atoms with E-state index in [2.05, 4.69) is 208 Å². The number of nitrogens with zero attached hydrogens (tertiary/aromatic N) is 2. The predicted octanol–water partition coefficient (Wildman–Crippen LogP) is 15.4. The number of hydrogen-bond acceptors (Lipinski definition) is 3. The maximum atomic E-state index is 2.75. The molecule has 314 valence electrons. The summed E-state index contributed by atoms with van der Waals surface area (Å²) in [6, 6.07) is 38.9. The fraction of sp³-hybridized carbons (Fsp3) is 0.379. The topological polar surface area (TPSA) is 6.48 Å². The molecule has 0 atom stereocenters. The largest absolute Gasteiger partial charge is 0.375 e. The van der Waals surface area contributed by atoms with Gasteiger partial charge in [-0.3, -0.25) is 0 Å². The Bertz CT molecular complexity index is 3040. The number of rotatable bonds is 2. The third kappa shape index (κ3) is 5.67. The molecule has 0 saturated heterocycles. The van der Waals surface area contributed by atoms with E-state index >= 15 is 0 Å². The van der Waals surface area contributed by atoms with Crippen LogP contribution in [0, 0.1) is 13.8 Å². The molecule has 62 heavy (non-hydrogen) atoms. The Hall–Kier alpha value is -4.80. The van der Waals surface area contributed by atoms with Crippen molar-refractivity contribution in [1.29, 1.82) is 0 Å². The van der Waals surface area contributed by atoms with E-state index in [-0.39, 0.29) is 33.9 Å². The summed E-state index contributed by atoms with van der Waals surface area (Å²) < 4.78 is 2.84. The first-order chi connectivity index (χ1) is 29.2. The van der Waals surface area contributed by atoms with Crippen LogP contribution in [0.5, 0.6) is 0 Å². The first kappa shape index (κ1) is 40.0. The van der Waals surface area contributed by atoms with Gasteiger partial charge in [0.2, 0.25) is 0 Å². The van der Waals surface area contributed by atoms with Crippen molar-refractivity contribution in [3.8, 4) is 11.1 Å². The van der Waals surface area contributed by atoms with Crippen molar-refractivity contribution < 1.29 is 0 Å². The van der Waals surface area contributed by atoms with Gasteiger partial charge in [-0.25, -0.2) is 0 Å². The molecule has 3 heterocycles. The number of benzene rings is 6. The lowest BCUT2D eigenvalue weighted by Crippen LogP contribution is -2.60. The average molecular weight is 831 g/mol. The van der Waals surface area contributed by atoms with Crippen molar-refractivity contribution >= 4 is 77.7 Å². The Morgan fingerprint density at radius 3 is 1.81 bits per heavy atom. The zero-order chi connectivity index (χ0) is 43.6. The molecule has 0 saturated carbocycles. The van der Waals surface area contributed by atoms with Crippen molar-refractivity contribution in [2.45, 2.75) is 143 Å². The van der Waals surface area contributed by atoms with Gasteiger partial charge in [0.15, 0.2) is 0 Å². The summed E-state index contributed by atoms with van der Waals surface area (Å²) in [5.41, 5.74) is 21.2. The predicted molar refractivity (Wildman–Crippen MR) is 272 cm³/mol. The second-order valence-corrected chi connectivity index (χ2v) is 24.3. The summed E-state index contributed by atoms with van der Waals surface area (Å²) in [7, 11) is 0. The monoisotopic (exact) mass is 830 g/mol. The van der Waals surface area contributed by atoms with Crippen LogP contribution in [0.2, 0.25) is 0 Å². The average Bonchev–Trinajstić information content (AvgIpc) is 3.59. The molecule has 0 radical (unpaired) electrons. The fourth-order valence-corrected chi connectivity index (χ4v) is 13.3. The Morgan fingerprint density at radius 2 is 1.16 bits per heavy atom. The molecule has 0 bridgehead atoms. The highest BCUT2D eigenvalue weighted by molar-refractivity contribution is 7.32. The molecule has 0 spiro atoms. The van der Waals surface area contributed by atoms with Crippen LogP contribution >= 0.6 is 11.3 Å². The summed E-state index contributed by atoms with van der Waals surface area (Å²) in [6.45, 7) is 31.4. The van der Waals surface area contributed by atoms with Gasteiger partial charge in [0.05, 0.1) is 5.69 Å². The molecule has 4 heteroatoms. The molecule has 0 fully saturated rings. The van der Waals surface area contributed by atoms with E-state index in [4.69, 9.17) is 0 Å². The number of aryl methyl sites for hydroxylation is 2. The number of fused-ring (bicyclic) bond motifs is 10. The van der Waals surface area contributed by atoms with Crippen LogP contribution in [-0.2, 0) is 27.1 Å². The molecular formula is C58H63BN2S. The maximum Gasteiger partial charge on any atom is 0.343 e. The lowest BCUT2D eigenvalue weighted by molar-refractivity contribution is 0.332. The Morgan fingerprint density at radius 1 is 0.565 bits per heavy atom. The van der Waals surface area contributed by atoms with Crippen molar-refractivity contribution in [3.05, 3.63) is 136 Å². The van der Waals surface area contributed by atoms with Crippen LogP contribution in [0.15, 0.2) is 97.1 Å². The van der Waals surface area contributed by atoms with Crippen molar-refractivity contribution in [1.82, 2.24) is 0 Å². The second kappa shape index (κ2) is 12.9. The van der Waals surface area contributed by atoms with Crippen molar-refractivity contribution in [2.24, 2.45) is 0 Å². The van der Waals surface area contributed by atoms with E-state index in [1.807, 2.05) is 0 Å². The van der Waals surface area contributed by atoms with Crippen LogP contribution < -0.4 is 20.0 Å². The van der Waals surface area contributed by atoms with Crippen LogP contribution in [0.4, 0.5) is 28.4 Å². The second-order valence-electron chi connectivity index (χ2n) is 23.3. The van der Waals surface area contributed by atoms with E-state index in [9.17, 15) is 0 Å². The van der Waals surface area contributed by atoms with Gasteiger partial charge in [-0.1, -0.05) is 137 Å². The van der Waals surface area contributed by atoms with Gasteiger partial charge in [0, 0.05) is 48.6 Å². The van der Waals surface area contributed by atoms with Gasteiger partial charge >= 0.3 is 6.85 Å². The number of hydrogen-bond donors (Lipinski definition) is 0. The molecule has 2 aliphatic carbocycles. The van der Waals surface area contributed by atoms with Crippen molar-refractivity contribution in [2.75, 3.05) is 9.71 Å². The minimum atomic E-state index is -0.0191. The Balaban J connectivity index is 1.29. The summed E-state index contributed by atoms with van der Waals surface area (Å²) >= 11 is 2.05. The smallest absolute Gasteiger partial charge is 0.343 e. The normalized spacial score (nSPS) is 18.9. The molecule has 0 amide bonds. The lowest BCUT2D eigenvalue weighted by atomic mass is 9.46. The molecular weight excluding hydrogens is 768 g/mol. The third-order valence-corrected chi connectivity index (χ3v) is 17.3. The maximum absolute atomic E-state index is 2.75. The Labute approximate surface area is 375 Å². The lowest BCUT2D eigenvalue weighted by Gasteiger charge is -2.46. The van der Waals surface area contributed by atoms with E-state index in [1.54, 1.807) is 0 Å². The zero-order valence-corrected chi connectivity index (χ0v) is 40.3. The van der Waals surface area contributed by atoms with Crippen LogP contribution in [0.1, 0.15) is 141 Å². The van der Waals surface area contributed by atoms with E-state index < -0.39 is 0 Å². The summed E-state index contributed by atoms with van der Waals surface area (Å²) in [6.07, 6.45) is 4.79. The number of thiophene rings is 1. The van der Waals surface area contributed by atoms with Gasteiger partial charge in [0.1, 0.15) is 0 Å². The fourth-order valence-electron chi connectivity index (χ4n) is 12.0. The minimum Gasteiger partial charge on any atom is -0.375 e. The molecule has 2 nitrogen and oxygen atoms in total. The highest BCUT2D eigenvalue weighted by Crippen LogP contribution is 2.56. The summed E-state index contributed by atoms with van der Waals surface area (Å²) in [4.78, 5) is 5.50. The summed E-state index contributed by atoms with van der Waals surface area (Å²) in [5.74, 6) is 0. The SMILES string of the molecule is Cc1cc2c3c(c1)N(c1cc4c(cc1C)C(C)(C)CCC4(C)C)c1c(sc4cc5c(cc14)C(C)(C)CCC5(C)C)B3N(c1ccc(C(C)(C)C)cc1)c1c-2ccc2ccccc12. The molecule has 2 aliphatic heterocycles. The number of anilines is 5. The quantitative estimate of drug-likeness (QED) is 0.160. The van der Waals surface area contributed by atoms with Gasteiger partial charge in [-0.2, -0.15) is 0 Å². The molecule has 6 aromatic carbocycles. The van der Waals surface area contributed by atoms with Gasteiger partial charge in [-0.15, -0.1) is 11.3 Å². The highest BCUT2D eigenvalue weighted by atomic mass is 32.1. The van der Waals surface area contributed by atoms with E-state index in [0.717, 1.165) is 0 Å². The van der Waals surface area contributed by atoms with Crippen LogP contribution in [0.25, 0.3) is 32.0 Å². The first-order valence-corrected chi connectivity index (χ1v) is 24.1. The Kier molecular flexibility index (Phi) is 8.33. The van der Waals surface area contributed by atoms with Crippen LogP contribution in [0.3, 0.4) is 0 Å². The minimum absolute atomic E-state index is 0.0191. The molecule has 0 unspecified atom stereocenters. The molecule has 0 N–H and O–H groups in total. The van der Waals surface area contributed by atoms with E-state index in [1.165, 1.54) is 135 Å². The van der Waals surface area contributed by atoms with Gasteiger partial charge < -0.3 is 9.71 Å². The standard InChI is InChI=1S/C58H63BN2S/c1-34-28-41-40-23-18-36-16-14-15-17-39(36)51(40)61(38-21-19-37(20-22-38)54(3,4)5)59-50(41)48(29-34)60(47-32-45-43(30-35(47)2)55(6,7)24-26-57(45,10)11)52-42-31-44-46(33-49(42)62-53(52)59)58(12,13)27-25-56(44,8)9/h14-23,28-33H,24-27H2,1-13H3. The van der Waals surface area contributed by atoms with Gasteiger partial charge in [0.25, 0.3) is 0 Å². The first-order valence-electron chi connectivity index (χ1n) is 23.3. The highest BCUT2D eigenvalue weighted by Gasteiger charge is 2.49.